The molecule has 1 atom stereocenters. The van der Waals surface area contributed by atoms with Gasteiger partial charge in [0.05, 0.1) is 17.9 Å². The molecule has 0 radical (unpaired) electrons. The third-order valence-electron chi connectivity index (χ3n) is 4.41. The van der Waals surface area contributed by atoms with Crippen molar-refractivity contribution >= 4 is 17.5 Å². The standard InChI is InChI=1S/C16H20N2O3/c1-16(11-7-8-11)15(20)18(9-10-21-2)13-6-4-3-5-12(13)14(19)17-16/h3-6,11H,7-10H2,1-2H3,(H,17,19). The van der Waals surface area contributed by atoms with E-state index in [-0.39, 0.29) is 17.7 Å². The summed E-state index contributed by atoms with van der Waals surface area (Å²) in [6, 6.07) is 7.24. The third-order valence-corrected chi connectivity index (χ3v) is 4.41. The van der Waals surface area contributed by atoms with Gasteiger partial charge in [0.15, 0.2) is 0 Å². The molecule has 0 aromatic heterocycles. The summed E-state index contributed by atoms with van der Waals surface area (Å²) in [6.07, 6.45) is 1.97. The molecule has 1 aromatic rings. The van der Waals surface area contributed by atoms with E-state index in [9.17, 15) is 9.59 Å². The van der Waals surface area contributed by atoms with Crippen molar-refractivity contribution < 1.29 is 14.3 Å². The van der Waals surface area contributed by atoms with Crippen LogP contribution in [0.25, 0.3) is 0 Å². The Morgan fingerprint density at radius 3 is 2.71 bits per heavy atom. The van der Waals surface area contributed by atoms with Gasteiger partial charge in [0.1, 0.15) is 5.54 Å². The second-order valence-corrected chi connectivity index (χ2v) is 5.90. The molecule has 0 bridgehead atoms. The molecule has 1 aromatic carbocycles. The van der Waals surface area contributed by atoms with Crippen LogP contribution in [-0.2, 0) is 9.53 Å². The quantitative estimate of drug-likeness (QED) is 0.915. The Hall–Kier alpha value is -1.88. The molecule has 1 unspecified atom stereocenters. The van der Waals surface area contributed by atoms with Crippen molar-refractivity contribution in [1.82, 2.24) is 5.32 Å². The van der Waals surface area contributed by atoms with Gasteiger partial charge in [-0.2, -0.15) is 0 Å². The van der Waals surface area contributed by atoms with Gasteiger partial charge < -0.3 is 15.0 Å². The number of methoxy groups -OCH3 is 1. The molecule has 1 saturated carbocycles. The lowest BCUT2D eigenvalue weighted by molar-refractivity contribution is -0.124. The van der Waals surface area contributed by atoms with Crippen LogP contribution >= 0.6 is 0 Å². The molecule has 5 heteroatoms. The van der Waals surface area contributed by atoms with Crippen LogP contribution in [0.15, 0.2) is 24.3 Å². The van der Waals surface area contributed by atoms with E-state index in [1.54, 1.807) is 18.1 Å². The topological polar surface area (TPSA) is 58.6 Å². The van der Waals surface area contributed by atoms with Crippen LogP contribution in [0.4, 0.5) is 5.69 Å². The summed E-state index contributed by atoms with van der Waals surface area (Å²) < 4.78 is 5.12. The smallest absolute Gasteiger partial charge is 0.254 e. The van der Waals surface area contributed by atoms with E-state index < -0.39 is 5.54 Å². The number of carbonyl (C=O) groups excluding carboxylic acids is 2. The summed E-state index contributed by atoms with van der Waals surface area (Å²) in [4.78, 5) is 27.2. The van der Waals surface area contributed by atoms with Gasteiger partial charge in [0.25, 0.3) is 11.8 Å². The van der Waals surface area contributed by atoms with E-state index in [0.717, 1.165) is 12.8 Å². The van der Waals surface area contributed by atoms with Crippen molar-refractivity contribution in [1.29, 1.82) is 0 Å². The molecule has 1 aliphatic carbocycles. The number of rotatable bonds is 4. The minimum atomic E-state index is -0.816. The molecule has 5 nitrogen and oxygen atoms in total. The number of fused-ring (bicyclic) bond motifs is 1. The van der Waals surface area contributed by atoms with Gasteiger partial charge in [-0.3, -0.25) is 9.59 Å². The SMILES string of the molecule is COCCN1C(=O)C(C)(C2CC2)NC(=O)c2ccccc21. The van der Waals surface area contributed by atoms with Crippen molar-refractivity contribution in [3.63, 3.8) is 0 Å². The van der Waals surface area contributed by atoms with Gasteiger partial charge in [-0.1, -0.05) is 12.1 Å². The monoisotopic (exact) mass is 288 g/mol. The van der Waals surface area contributed by atoms with Crippen LogP contribution in [-0.4, -0.2) is 37.6 Å². The lowest BCUT2D eigenvalue weighted by Crippen LogP contribution is -2.58. The number of carbonyl (C=O) groups is 2. The molecule has 2 amide bonds. The molecule has 0 spiro atoms. The average molecular weight is 288 g/mol. The molecule has 1 heterocycles. The van der Waals surface area contributed by atoms with E-state index >= 15 is 0 Å². The summed E-state index contributed by atoms with van der Waals surface area (Å²) in [7, 11) is 1.61. The van der Waals surface area contributed by atoms with Gasteiger partial charge in [-0.25, -0.2) is 0 Å². The summed E-state index contributed by atoms with van der Waals surface area (Å²) in [6.45, 7) is 2.73. The van der Waals surface area contributed by atoms with Crippen molar-refractivity contribution in [3.8, 4) is 0 Å². The number of nitrogens with one attached hydrogen (secondary N) is 1. The zero-order valence-corrected chi connectivity index (χ0v) is 12.4. The van der Waals surface area contributed by atoms with Crippen molar-refractivity contribution in [2.45, 2.75) is 25.3 Å². The van der Waals surface area contributed by atoms with Crippen molar-refractivity contribution in [2.75, 3.05) is 25.2 Å². The highest BCUT2D eigenvalue weighted by molar-refractivity contribution is 6.12. The van der Waals surface area contributed by atoms with Crippen LogP contribution in [0, 0.1) is 5.92 Å². The number of para-hydroxylation sites is 1. The zero-order chi connectivity index (χ0) is 15.0. The lowest BCUT2D eigenvalue weighted by atomic mass is 9.94. The highest BCUT2D eigenvalue weighted by atomic mass is 16.5. The van der Waals surface area contributed by atoms with Gasteiger partial charge in [0, 0.05) is 13.7 Å². The Morgan fingerprint density at radius 2 is 2.05 bits per heavy atom. The number of benzene rings is 1. The minimum Gasteiger partial charge on any atom is -0.383 e. The number of nitrogens with zero attached hydrogens (tertiary/aromatic N) is 1. The second-order valence-electron chi connectivity index (χ2n) is 5.90. The fourth-order valence-electron chi connectivity index (χ4n) is 2.99. The van der Waals surface area contributed by atoms with Crippen molar-refractivity contribution in [2.24, 2.45) is 5.92 Å². The normalized spacial score (nSPS) is 25.3. The summed E-state index contributed by atoms with van der Waals surface area (Å²) in [5, 5.41) is 2.96. The first kappa shape index (κ1) is 14.1. The molecule has 1 fully saturated rings. The van der Waals surface area contributed by atoms with Gasteiger partial charge in [0.2, 0.25) is 0 Å². The number of hydrogen-bond donors (Lipinski definition) is 1. The van der Waals surface area contributed by atoms with E-state index in [1.807, 2.05) is 25.1 Å². The van der Waals surface area contributed by atoms with Gasteiger partial charge in [-0.15, -0.1) is 0 Å². The lowest BCUT2D eigenvalue weighted by Gasteiger charge is -2.32. The van der Waals surface area contributed by atoms with Crippen LogP contribution in [0.1, 0.15) is 30.1 Å². The summed E-state index contributed by atoms with van der Waals surface area (Å²) in [5.41, 5.74) is 0.400. The molecule has 1 aliphatic heterocycles. The van der Waals surface area contributed by atoms with Gasteiger partial charge in [-0.05, 0) is 37.8 Å². The maximum atomic E-state index is 13.0. The first-order valence-electron chi connectivity index (χ1n) is 7.30. The molecule has 1 N–H and O–H groups in total. The highest BCUT2D eigenvalue weighted by Gasteiger charge is 2.52. The number of hydrogen-bond acceptors (Lipinski definition) is 3. The highest BCUT2D eigenvalue weighted by Crippen LogP contribution is 2.42. The molecule has 0 saturated heterocycles. The van der Waals surface area contributed by atoms with Gasteiger partial charge >= 0.3 is 0 Å². The molecule has 3 rings (SSSR count). The first-order valence-corrected chi connectivity index (χ1v) is 7.30. The molecule has 112 valence electrons. The largest absolute Gasteiger partial charge is 0.383 e. The maximum Gasteiger partial charge on any atom is 0.254 e. The van der Waals surface area contributed by atoms with E-state index in [4.69, 9.17) is 4.74 Å². The Morgan fingerprint density at radius 1 is 1.33 bits per heavy atom. The van der Waals surface area contributed by atoms with Crippen LogP contribution in [0.5, 0.6) is 0 Å². The fourth-order valence-corrected chi connectivity index (χ4v) is 2.99. The Labute approximate surface area is 124 Å². The molecular formula is C16H20N2O3. The minimum absolute atomic E-state index is 0.0413. The zero-order valence-electron chi connectivity index (χ0n) is 12.4. The predicted octanol–water partition coefficient (Wildman–Crippen LogP) is 1.58. The first-order chi connectivity index (χ1) is 10.1. The average Bonchev–Trinajstić information content (AvgIpc) is 3.32. The Kier molecular flexibility index (Phi) is 3.45. The summed E-state index contributed by atoms with van der Waals surface area (Å²) in [5.74, 6) is 0.0157. The van der Waals surface area contributed by atoms with Crippen LogP contribution < -0.4 is 10.2 Å². The fraction of sp³-hybridized carbons (Fsp3) is 0.500. The molecule has 2 aliphatic rings. The number of amides is 2. The Bertz CT molecular complexity index is 583. The Balaban J connectivity index is 2.06. The van der Waals surface area contributed by atoms with Crippen molar-refractivity contribution in [3.05, 3.63) is 29.8 Å². The molecule has 21 heavy (non-hydrogen) atoms. The summed E-state index contributed by atoms with van der Waals surface area (Å²) >= 11 is 0. The number of ether oxygens (including phenoxy) is 1. The maximum absolute atomic E-state index is 13.0. The number of anilines is 1. The third kappa shape index (κ3) is 2.31. The second kappa shape index (κ2) is 5.15. The van der Waals surface area contributed by atoms with E-state index in [1.165, 1.54) is 0 Å². The predicted molar refractivity (Wildman–Crippen MR) is 79.3 cm³/mol. The van der Waals surface area contributed by atoms with E-state index in [2.05, 4.69) is 5.32 Å². The van der Waals surface area contributed by atoms with Crippen LogP contribution in [0.3, 0.4) is 0 Å². The van der Waals surface area contributed by atoms with E-state index in [0.29, 0.717) is 24.4 Å². The van der Waals surface area contributed by atoms with Crippen LogP contribution in [0.2, 0.25) is 0 Å². The molecular weight excluding hydrogens is 268 g/mol.